The van der Waals surface area contributed by atoms with Gasteiger partial charge in [-0.1, -0.05) is 18.5 Å². The Kier molecular flexibility index (Phi) is 3.69. The lowest BCUT2D eigenvalue weighted by molar-refractivity contribution is 0.654. The highest BCUT2D eigenvalue weighted by atomic mass is 35.5. The number of aromatic nitrogens is 3. The van der Waals surface area contributed by atoms with Crippen LogP contribution in [0.5, 0.6) is 0 Å². The number of H-pyrrole nitrogens is 1. The van der Waals surface area contributed by atoms with Crippen molar-refractivity contribution >= 4 is 33.4 Å². The van der Waals surface area contributed by atoms with E-state index in [4.69, 9.17) is 17.3 Å². The number of nitrogens with two attached hydrogens (primary N) is 1. The number of aryl methyl sites for hydroxylation is 2. The molecule has 3 rings (SSSR count). The van der Waals surface area contributed by atoms with Crippen molar-refractivity contribution < 1.29 is 0 Å². The number of nitrogens with one attached hydrogen (secondary N) is 1. The van der Waals surface area contributed by atoms with Crippen LogP contribution in [0.25, 0.3) is 21.8 Å². The molecular weight excluding hydrogens is 288 g/mol. The predicted octanol–water partition coefficient (Wildman–Crippen LogP) is 2.44. The molecule has 110 valence electrons. The Morgan fingerprint density at radius 2 is 2.24 bits per heavy atom. The summed E-state index contributed by atoms with van der Waals surface area (Å²) in [7, 11) is 0. The van der Waals surface area contributed by atoms with E-state index in [1.54, 1.807) is 10.6 Å². The van der Waals surface area contributed by atoms with E-state index in [9.17, 15) is 4.79 Å². The summed E-state index contributed by atoms with van der Waals surface area (Å²) in [5.74, 6) is 0. The van der Waals surface area contributed by atoms with Crippen LogP contribution in [0.2, 0.25) is 5.02 Å². The largest absolute Gasteiger partial charge is 0.330 e. The molecule has 0 unspecified atom stereocenters. The molecule has 5 nitrogen and oxygen atoms in total. The first kappa shape index (κ1) is 14.1. The highest BCUT2D eigenvalue weighted by Gasteiger charge is 2.16. The number of benzene rings is 1. The van der Waals surface area contributed by atoms with Crippen LogP contribution in [0.15, 0.2) is 23.0 Å². The minimum atomic E-state index is -0.0149. The highest BCUT2D eigenvalue weighted by Crippen LogP contribution is 2.26. The van der Waals surface area contributed by atoms with Gasteiger partial charge >= 0.3 is 0 Å². The van der Waals surface area contributed by atoms with Gasteiger partial charge in [-0.05, 0) is 37.6 Å². The van der Waals surface area contributed by atoms with Crippen LogP contribution < -0.4 is 11.3 Å². The van der Waals surface area contributed by atoms with E-state index in [0.717, 1.165) is 29.4 Å². The zero-order valence-electron chi connectivity index (χ0n) is 11.8. The second-order valence-corrected chi connectivity index (χ2v) is 5.48. The van der Waals surface area contributed by atoms with Crippen molar-refractivity contribution in [2.75, 3.05) is 6.54 Å². The summed E-state index contributed by atoms with van der Waals surface area (Å²) in [6, 6.07) is 5.52. The van der Waals surface area contributed by atoms with Crippen LogP contribution >= 0.6 is 11.6 Å². The molecule has 3 N–H and O–H groups in total. The molecule has 0 saturated carbocycles. The van der Waals surface area contributed by atoms with Crippen LogP contribution in [-0.4, -0.2) is 21.3 Å². The molecule has 21 heavy (non-hydrogen) atoms. The molecule has 6 heteroatoms. The molecule has 0 saturated heterocycles. The first-order valence-corrected chi connectivity index (χ1v) is 7.44. The number of fused-ring (bicyclic) bond motifs is 3. The van der Waals surface area contributed by atoms with Gasteiger partial charge in [0.1, 0.15) is 5.52 Å². The quantitative estimate of drug-likeness (QED) is 0.777. The summed E-state index contributed by atoms with van der Waals surface area (Å²) in [5, 5.41) is 9.47. The van der Waals surface area contributed by atoms with E-state index in [-0.39, 0.29) is 5.56 Å². The minimum Gasteiger partial charge on any atom is -0.330 e. The van der Waals surface area contributed by atoms with Crippen molar-refractivity contribution in [2.24, 2.45) is 5.73 Å². The van der Waals surface area contributed by atoms with Crippen molar-refractivity contribution in [2.45, 2.75) is 26.3 Å². The molecular formula is C15H17ClN4O. The molecule has 0 aliphatic heterocycles. The minimum absolute atomic E-state index is 0.0149. The summed E-state index contributed by atoms with van der Waals surface area (Å²) in [4.78, 5) is 12.8. The molecule has 0 amide bonds. The fourth-order valence-corrected chi connectivity index (χ4v) is 2.88. The van der Waals surface area contributed by atoms with E-state index >= 15 is 0 Å². The molecule has 0 aliphatic rings. The fraction of sp³-hybridized carbons (Fsp3) is 0.333. The van der Waals surface area contributed by atoms with Crippen molar-refractivity contribution in [3.05, 3.63) is 39.3 Å². The van der Waals surface area contributed by atoms with Crippen molar-refractivity contribution in [1.29, 1.82) is 0 Å². The monoisotopic (exact) mass is 304 g/mol. The lowest BCUT2D eigenvalue weighted by Crippen LogP contribution is -2.22. The van der Waals surface area contributed by atoms with Crippen molar-refractivity contribution in [3.63, 3.8) is 0 Å². The predicted molar refractivity (Wildman–Crippen MR) is 85.9 cm³/mol. The Morgan fingerprint density at radius 1 is 1.43 bits per heavy atom. The summed E-state index contributed by atoms with van der Waals surface area (Å²) < 4.78 is 1.77. The number of halogens is 1. The molecule has 2 heterocycles. The fourth-order valence-electron chi connectivity index (χ4n) is 2.71. The van der Waals surface area contributed by atoms with Crippen LogP contribution in [0.4, 0.5) is 0 Å². The maximum Gasteiger partial charge on any atom is 0.262 e. The highest BCUT2D eigenvalue weighted by molar-refractivity contribution is 6.31. The van der Waals surface area contributed by atoms with Crippen molar-refractivity contribution in [3.8, 4) is 0 Å². The second-order valence-electron chi connectivity index (χ2n) is 5.04. The van der Waals surface area contributed by atoms with E-state index in [1.165, 1.54) is 0 Å². The van der Waals surface area contributed by atoms with Gasteiger partial charge in [0.2, 0.25) is 0 Å². The Labute approximate surface area is 126 Å². The maximum absolute atomic E-state index is 12.8. The Balaban J connectivity index is 2.45. The normalized spacial score (nSPS) is 11.6. The number of aromatic amines is 1. The van der Waals surface area contributed by atoms with Gasteiger partial charge in [-0.25, -0.2) is 0 Å². The molecule has 0 fully saturated rings. The van der Waals surface area contributed by atoms with Gasteiger partial charge in [0.25, 0.3) is 5.56 Å². The average molecular weight is 305 g/mol. The Hall–Kier alpha value is -1.85. The third-order valence-electron chi connectivity index (χ3n) is 3.74. The van der Waals surface area contributed by atoms with E-state index < -0.39 is 0 Å². The van der Waals surface area contributed by atoms with Gasteiger partial charge in [0, 0.05) is 22.6 Å². The lowest BCUT2D eigenvalue weighted by Gasteiger charge is -2.11. The summed E-state index contributed by atoms with van der Waals surface area (Å²) in [5.41, 5.74) is 7.97. The molecule has 0 radical (unpaired) electrons. The topological polar surface area (TPSA) is 76.7 Å². The zero-order chi connectivity index (χ0) is 15.0. The standard InChI is InChI=1S/C15H17ClN4O/c1-2-11-13-14(19-18-11)10-8-9(16)4-5-12(10)20(15(13)21)7-3-6-17/h4-5,8H,2-3,6-7,17H2,1H3,(H,18,19). The number of hydrogen-bond donors (Lipinski definition) is 2. The number of pyridine rings is 1. The van der Waals surface area contributed by atoms with Crippen LogP contribution in [0.3, 0.4) is 0 Å². The first-order chi connectivity index (χ1) is 10.2. The third-order valence-corrected chi connectivity index (χ3v) is 3.98. The molecule has 1 aromatic carbocycles. The summed E-state index contributed by atoms with van der Waals surface area (Å²) in [6.07, 6.45) is 1.48. The number of rotatable bonds is 4. The maximum atomic E-state index is 12.8. The molecule has 2 aromatic heterocycles. The van der Waals surface area contributed by atoms with Gasteiger partial charge in [-0.3, -0.25) is 9.89 Å². The lowest BCUT2D eigenvalue weighted by atomic mass is 10.1. The average Bonchev–Trinajstić information content (AvgIpc) is 2.92. The van der Waals surface area contributed by atoms with Gasteiger partial charge in [0.15, 0.2) is 0 Å². The molecule has 3 aromatic rings. The number of hydrogen-bond acceptors (Lipinski definition) is 3. The third kappa shape index (κ3) is 2.22. The van der Waals surface area contributed by atoms with E-state index in [2.05, 4.69) is 10.2 Å². The van der Waals surface area contributed by atoms with Crippen molar-refractivity contribution in [1.82, 2.24) is 14.8 Å². The molecule has 0 atom stereocenters. The molecule has 0 aliphatic carbocycles. The van der Waals surface area contributed by atoms with E-state index in [1.807, 2.05) is 19.1 Å². The van der Waals surface area contributed by atoms with Crippen LogP contribution in [-0.2, 0) is 13.0 Å². The SMILES string of the molecule is CCc1[nH]nc2c1c(=O)n(CCCN)c1ccc(Cl)cc21. The van der Waals surface area contributed by atoms with E-state index in [0.29, 0.717) is 29.0 Å². The van der Waals surface area contributed by atoms with Gasteiger partial charge in [0.05, 0.1) is 10.9 Å². The smallest absolute Gasteiger partial charge is 0.262 e. The van der Waals surface area contributed by atoms with Gasteiger partial charge in [-0.2, -0.15) is 5.10 Å². The first-order valence-electron chi connectivity index (χ1n) is 7.06. The zero-order valence-corrected chi connectivity index (χ0v) is 12.6. The summed E-state index contributed by atoms with van der Waals surface area (Å²) >= 11 is 6.11. The second kappa shape index (κ2) is 5.50. The molecule has 0 spiro atoms. The van der Waals surface area contributed by atoms with Gasteiger partial charge in [-0.15, -0.1) is 0 Å². The Morgan fingerprint density at radius 3 is 2.95 bits per heavy atom. The van der Waals surface area contributed by atoms with Crippen LogP contribution in [0.1, 0.15) is 19.0 Å². The van der Waals surface area contributed by atoms with Gasteiger partial charge < -0.3 is 10.3 Å². The van der Waals surface area contributed by atoms with Crippen LogP contribution in [0, 0.1) is 0 Å². The molecule has 0 bridgehead atoms. The Bertz CT molecular complexity index is 865. The number of nitrogens with zero attached hydrogens (tertiary/aromatic N) is 2. The summed E-state index contributed by atoms with van der Waals surface area (Å²) in [6.45, 7) is 3.14.